The highest BCUT2D eigenvalue weighted by molar-refractivity contribution is 6.05. The van der Waals surface area contributed by atoms with E-state index in [1.807, 2.05) is 30.3 Å². The average molecular weight is 395 g/mol. The van der Waals surface area contributed by atoms with E-state index in [4.69, 9.17) is 9.47 Å². The van der Waals surface area contributed by atoms with Gasteiger partial charge in [-0.15, -0.1) is 0 Å². The quantitative estimate of drug-likeness (QED) is 0.728. The summed E-state index contributed by atoms with van der Waals surface area (Å²) in [7, 11) is 0. The van der Waals surface area contributed by atoms with Gasteiger partial charge in [0.2, 0.25) is 11.8 Å². The topological polar surface area (TPSA) is 76.1 Å². The number of rotatable bonds is 7. The van der Waals surface area contributed by atoms with Crippen LogP contribution in [0.5, 0.6) is 17.2 Å². The minimum atomic E-state index is -0.928. The van der Waals surface area contributed by atoms with Crippen LogP contribution in [0.25, 0.3) is 0 Å². The summed E-state index contributed by atoms with van der Waals surface area (Å²) in [5.74, 6) is 1.35. The molecule has 6 nitrogen and oxygen atoms in total. The fourth-order valence-corrected chi connectivity index (χ4v) is 4.10. The number of carbonyl (C=O) groups excluding carboxylic acids is 2. The van der Waals surface area contributed by atoms with Crippen LogP contribution < -0.4 is 9.47 Å². The molecule has 1 aliphatic carbocycles. The number of benzene rings is 2. The lowest BCUT2D eigenvalue weighted by Crippen LogP contribution is -2.40. The SMILES string of the molecule is O=C1[C@H]2CCCC[C@H]2C(=O)N1C[C@H](O)COc1ccc(Oc2ccccc2)cc1. The molecule has 2 aromatic rings. The number of aliphatic hydroxyl groups excluding tert-OH is 1. The molecule has 1 heterocycles. The van der Waals surface area contributed by atoms with Crippen molar-refractivity contribution < 1.29 is 24.2 Å². The minimum absolute atomic E-state index is 0.00524. The second-order valence-electron chi connectivity index (χ2n) is 7.64. The van der Waals surface area contributed by atoms with Crippen LogP contribution in [0.15, 0.2) is 54.6 Å². The molecule has 0 aromatic heterocycles. The zero-order chi connectivity index (χ0) is 20.2. The Balaban J connectivity index is 1.28. The molecule has 0 bridgehead atoms. The van der Waals surface area contributed by atoms with Crippen LogP contribution in [0.3, 0.4) is 0 Å². The largest absolute Gasteiger partial charge is 0.491 e. The maximum Gasteiger partial charge on any atom is 0.233 e. The van der Waals surface area contributed by atoms with Gasteiger partial charge in [0.15, 0.2) is 0 Å². The van der Waals surface area contributed by atoms with Crippen LogP contribution in [0.4, 0.5) is 0 Å². The second-order valence-corrected chi connectivity index (χ2v) is 7.64. The highest BCUT2D eigenvalue weighted by Crippen LogP contribution is 2.38. The van der Waals surface area contributed by atoms with E-state index in [0.717, 1.165) is 31.4 Å². The molecule has 2 amide bonds. The van der Waals surface area contributed by atoms with Crippen molar-refractivity contribution in [2.24, 2.45) is 11.8 Å². The number of hydrogen-bond acceptors (Lipinski definition) is 5. The Morgan fingerprint density at radius 2 is 1.41 bits per heavy atom. The second kappa shape index (κ2) is 8.66. The normalized spacial score (nSPS) is 22.3. The van der Waals surface area contributed by atoms with Gasteiger partial charge in [0.1, 0.15) is 30.0 Å². The van der Waals surface area contributed by atoms with E-state index < -0.39 is 6.10 Å². The van der Waals surface area contributed by atoms with Gasteiger partial charge in [-0.05, 0) is 49.2 Å². The third-order valence-electron chi connectivity index (χ3n) is 5.57. The zero-order valence-electron chi connectivity index (χ0n) is 16.2. The highest BCUT2D eigenvalue weighted by Gasteiger charge is 2.48. The Morgan fingerprint density at radius 1 is 0.862 bits per heavy atom. The summed E-state index contributed by atoms with van der Waals surface area (Å²) in [5.41, 5.74) is 0. The first-order chi connectivity index (χ1) is 14.1. The number of carbonyl (C=O) groups is 2. The summed E-state index contributed by atoms with van der Waals surface area (Å²) >= 11 is 0. The Bertz CT molecular complexity index is 827. The fourth-order valence-electron chi connectivity index (χ4n) is 4.10. The van der Waals surface area contributed by atoms with E-state index >= 15 is 0 Å². The predicted octanol–water partition coefficient (Wildman–Crippen LogP) is 3.39. The molecule has 6 heteroatoms. The number of imide groups is 1. The lowest BCUT2D eigenvalue weighted by Gasteiger charge is -2.19. The fraction of sp³-hybridized carbons (Fsp3) is 0.391. The Hall–Kier alpha value is -2.86. The molecule has 2 aliphatic rings. The molecule has 152 valence electrons. The van der Waals surface area contributed by atoms with Gasteiger partial charge in [-0.25, -0.2) is 0 Å². The number of amides is 2. The van der Waals surface area contributed by atoms with Crippen molar-refractivity contribution in [3.63, 3.8) is 0 Å². The summed E-state index contributed by atoms with van der Waals surface area (Å²) < 4.78 is 11.3. The van der Waals surface area contributed by atoms with Crippen molar-refractivity contribution >= 4 is 11.8 Å². The van der Waals surface area contributed by atoms with Crippen molar-refractivity contribution in [3.05, 3.63) is 54.6 Å². The van der Waals surface area contributed by atoms with Crippen LogP contribution in [0, 0.1) is 11.8 Å². The number of aliphatic hydroxyl groups is 1. The van der Waals surface area contributed by atoms with Gasteiger partial charge < -0.3 is 14.6 Å². The number of fused-ring (bicyclic) bond motifs is 1. The minimum Gasteiger partial charge on any atom is -0.491 e. The summed E-state index contributed by atoms with van der Waals surface area (Å²) in [4.78, 5) is 26.2. The maximum atomic E-state index is 12.5. The van der Waals surface area contributed by atoms with Gasteiger partial charge >= 0.3 is 0 Å². The molecular weight excluding hydrogens is 370 g/mol. The summed E-state index contributed by atoms with van der Waals surface area (Å²) in [6, 6.07) is 16.6. The predicted molar refractivity (Wildman–Crippen MR) is 107 cm³/mol. The number of β-amino-alcohol motifs (C(OH)–C–C–N with tert-alkyl or cyclic N) is 1. The Morgan fingerprint density at radius 3 is 2.03 bits per heavy atom. The molecule has 29 heavy (non-hydrogen) atoms. The van der Waals surface area contributed by atoms with Crippen LogP contribution in [0.1, 0.15) is 25.7 Å². The van der Waals surface area contributed by atoms with Crippen LogP contribution in [-0.2, 0) is 9.59 Å². The third kappa shape index (κ3) is 4.43. The molecule has 2 fully saturated rings. The van der Waals surface area contributed by atoms with E-state index in [0.29, 0.717) is 11.5 Å². The molecule has 3 atom stereocenters. The van der Waals surface area contributed by atoms with Crippen LogP contribution in [0.2, 0.25) is 0 Å². The molecule has 1 N–H and O–H groups in total. The first-order valence-electron chi connectivity index (χ1n) is 10.1. The van der Waals surface area contributed by atoms with Crippen molar-refractivity contribution in [2.75, 3.05) is 13.2 Å². The molecule has 0 spiro atoms. The number of ether oxygens (including phenoxy) is 2. The lowest BCUT2D eigenvalue weighted by atomic mass is 9.81. The zero-order valence-corrected chi connectivity index (χ0v) is 16.2. The molecular formula is C23H25NO5. The Labute approximate surface area is 170 Å². The van der Waals surface area contributed by atoms with Crippen LogP contribution in [-0.4, -0.2) is 41.1 Å². The monoisotopic (exact) mass is 395 g/mol. The van der Waals surface area contributed by atoms with Crippen molar-refractivity contribution in [1.29, 1.82) is 0 Å². The van der Waals surface area contributed by atoms with E-state index in [9.17, 15) is 14.7 Å². The molecule has 1 saturated carbocycles. The van der Waals surface area contributed by atoms with Gasteiger partial charge in [0, 0.05) is 0 Å². The smallest absolute Gasteiger partial charge is 0.233 e. The maximum absolute atomic E-state index is 12.5. The van der Waals surface area contributed by atoms with E-state index in [-0.39, 0.29) is 36.8 Å². The molecule has 4 rings (SSSR count). The van der Waals surface area contributed by atoms with Crippen molar-refractivity contribution in [1.82, 2.24) is 4.90 Å². The van der Waals surface area contributed by atoms with E-state index in [1.165, 1.54) is 4.90 Å². The molecule has 2 aromatic carbocycles. The molecule has 1 saturated heterocycles. The van der Waals surface area contributed by atoms with Gasteiger partial charge in [0.25, 0.3) is 0 Å². The standard InChI is InChI=1S/C23H25NO5/c25-16(14-24-22(26)20-8-4-5-9-21(20)23(24)27)15-28-17-10-12-19(13-11-17)29-18-6-2-1-3-7-18/h1-3,6-7,10-13,16,20-21,25H,4-5,8-9,14-15H2/t16-,20-,21+/m0/s1. The number of nitrogens with zero attached hydrogens (tertiary/aromatic N) is 1. The first-order valence-corrected chi connectivity index (χ1v) is 10.1. The first kappa shape index (κ1) is 19.5. The van der Waals surface area contributed by atoms with Gasteiger partial charge in [-0.2, -0.15) is 0 Å². The van der Waals surface area contributed by atoms with E-state index in [1.54, 1.807) is 24.3 Å². The molecule has 0 unspecified atom stereocenters. The summed E-state index contributed by atoms with van der Waals surface area (Å²) in [6.07, 6.45) is 2.60. The third-order valence-corrected chi connectivity index (χ3v) is 5.57. The van der Waals surface area contributed by atoms with Gasteiger partial charge in [0.05, 0.1) is 18.4 Å². The summed E-state index contributed by atoms with van der Waals surface area (Å²) in [6.45, 7) is -0.00878. The van der Waals surface area contributed by atoms with Crippen molar-refractivity contribution in [3.8, 4) is 17.2 Å². The Kier molecular flexibility index (Phi) is 5.81. The van der Waals surface area contributed by atoms with Crippen LogP contribution >= 0.6 is 0 Å². The average Bonchev–Trinajstić information content (AvgIpc) is 2.99. The van der Waals surface area contributed by atoms with Gasteiger partial charge in [-0.3, -0.25) is 14.5 Å². The summed E-state index contributed by atoms with van der Waals surface area (Å²) in [5, 5.41) is 10.3. The number of likely N-dealkylation sites (tertiary alicyclic amines) is 1. The van der Waals surface area contributed by atoms with E-state index in [2.05, 4.69) is 0 Å². The number of para-hydroxylation sites is 1. The van der Waals surface area contributed by atoms with Gasteiger partial charge in [-0.1, -0.05) is 31.0 Å². The molecule has 0 radical (unpaired) electrons. The molecule has 1 aliphatic heterocycles. The lowest BCUT2D eigenvalue weighted by molar-refractivity contribution is -0.141. The van der Waals surface area contributed by atoms with Crippen molar-refractivity contribution in [2.45, 2.75) is 31.8 Å². The highest BCUT2D eigenvalue weighted by atomic mass is 16.5. The number of hydrogen-bond donors (Lipinski definition) is 1.